The van der Waals surface area contributed by atoms with E-state index >= 15 is 0 Å². The molecule has 0 aromatic heterocycles. The lowest BCUT2D eigenvalue weighted by molar-refractivity contribution is -0.161. The number of phosphoric ester groups is 1. The number of esters is 2. The fourth-order valence-electron chi connectivity index (χ4n) is 4.99. The Balaban J connectivity index is 4.37. The Morgan fingerprint density at radius 1 is 0.617 bits per heavy atom. The molecule has 0 saturated heterocycles. The predicted molar refractivity (Wildman–Crippen MR) is 187 cm³/mol. The lowest BCUT2D eigenvalue weighted by Gasteiger charge is -2.20. The Morgan fingerprint density at radius 3 is 1.62 bits per heavy atom. The van der Waals surface area contributed by atoms with Crippen LogP contribution in [0.25, 0.3) is 0 Å². The first kappa shape index (κ1) is 45.7. The summed E-state index contributed by atoms with van der Waals surface area (Å²) in [4.78, 5) is 34.7. The van der Waals surface area contributed by atoms with Gasteiger partial charge in [-0.25, -0.2) is 4.57 Å². The van der Waals surface area contributed by atoms with Gasteiger partial charge in [-0.05, 0) is 32.1 Å². The van der Waals surface area contributed by atoms with Crippen molar-refractivity contribution in [3.8, 4) is 0 Å². The number of hydrogen-bond donors (Lipinski definition) is 3. The number of hydrogen-bond acceptors (Lipinski definition) is 9. The first-order chi connectivity index (χ1) is 22.7. The van der Waals surface area contributed by atoms with Crippen molar-refractivity contribution in [2.75, 3.05) is 26.4 Å². The Morgan fingerprint density at radius 2 is 1.09 bits per heavy atom. The van der Waals surface area contributed by atoms with Gasteiger partial charge in [-0.2, -0.15) is 0 Å². The van der Waals surface area contributed by atoms with E-state index in [1.54, 1.807) is 0 Å². The number of aliphatic hydroxyl groups is 2. The van der Waals surface area contributed by atoms with Gasteiger partial charge in [0, 0.05) is 12.8 Å². The molecule has 0 aliphatic rings. The van der Waals surface area contributed by atoms with Crippen molar-refractivity contribution in [3.63, 3.8) is 0 Å². The lowest BCUT2D eigenvalue weighted by atomic mass is 10.0. The van der Waals surface area contributed by atoms with Gasteiger partial charge in [-0.3, -0.25) is 18.6 Å². The second-order valence-corrected chi connectivity index (χ2v) is 14.1. The number of ether oxygens (including phenoxy) is 2. The van der Waals surface area contributed by atoms with Gasteiger partial charge in [0.1, 0.15) is 12.7 Å². The topological polar surface area (TPSA) is 149 Å². The van der Waals surface area contributed by atoms with Crippen LogP contribution in [0.2, 0.25) is 0 Å². The zero-order valence-electron chi connectivity index (χ0n) is 29.8. The second kappa shape index (κ2) is 33.2. The molecule has 0 amide bonds. The molecule has 0 bridgehead atoms. The minimum absolute atomic E-state index is 0.182. The van der Waals surface area contributed by atoms with E-state index in [0.29, 0.717) is 12.8 Å². The van der Waals surface area contributed by atoms with E-state index in [1.807, 2.05) is 0 Å². The van der Waals surface area contributed by atoms with E-state index in [0.717, 1.165) is 51.4 Å². The maximum absolute atomic E-state index is 12.5. The highest BCUT2D eigenvalue weighted by Crippen LogP contribution is 2.43. The van der Waals surface area contributed by atoms with Crippen LogP contribution in [0, 0.1) is 0 Å². The number of carbonyl (C=O) groups excluding carboxylic acids is 2. The van der Waals surface area contributed by atoms with Crippen molar-refractivity contribution >= 4 is 19.8 Å². The van der Waals surface area contributed by atoms with Crippen LogP contribution in [0.3, 0.4) is 0 Å². The molecule has 1 unspecified atom stereocenters. The molecule has 0 aliphatic carbocycles. The molecule has 278 valence electrons. The third-order valence-corrected chi connectivity index (χ3v) is 8.85. The van der Waals surface area contributed by atoms with Crippen molar-refractivity contribution < 1.29 is 47.8 Å². The van der Waals surface area contributed by atoms with Crippen LogP contribution in [0.15, 0.2) is 12.2 Å². The molecule has 0 aromatic rings. The summed E-state index contributed by atoms with van der Waals surface area (Å²) >= 11 is 0. The largest absolute Gasteiger partial charge is 0.472 e. The zero-order valence-corrected chi connectivity index (χ0v) is 30.6. The summed E-state index contributed by atoms with van der Waals surface area (Å²) in [5.74, 6) is -0.927. The Kier molecular flexibility index (Phi) is 32.3. The van der Waals surface area contributed by atoms with Gasteiger partial charge in [0.15, 0.2) is 6.10 Å². The summed E-state index contributed by atoms with van der Waals surface area (Å²) in [7, 11) is -4.60. The summed E-state index contributed by atoms with van der Waals surface area (Å²) in [5.41, 5.74) is 0. The molecule has 0 heterocycles. The molecule has 3 atom stereocenters. The molecular formula is C36H69O10P. The summed E-state index contributed by atoms with van der Waals surface area (Å²) in [6.45, 7) is 2.31. The molecule has 0 aliphatic heterocycles. The number of unbranched alkanes of at least 4 members (excludes halogenated alkanes) is 19. The molecule has 0 aromatic carbocycles. The molecule has 11 heteroatoms. The Labute approximate surface area is 286 Å². The van der Waals surface area contributed by atoms with Gasteiger partial charge in [0.2, 0.25) is 0 Å². The maximum atomic E-state index is 12.5. The van der Waals surface area contributed by atoms with Crippen LogP contribution in [-0.4, -0.2) is 65.7 Å². The quantitative estimate of drug-likeness (QED) is 0.0254. The molecule has 0 spiro atoms. The van der Waals surface area contributed by atoms with E-state index in [4.69, 9.17) is 19.1 Å². The van der Waals surface area contributed by atoms with Crippen molar-refractivity contribution in [2.24, 2.45) is 0 Å². The number of allylic oxidation sites excluding steroid dienone is 2. The molecule has 0 saturated carbocycles. The molecule has 0 radical (unpaired) electrons. The fraction of sp³-hybridized carbons (Fsp3) is 0.889. The minimum Gasteiger partial charge on any atom is -0.462 e. The van der Waals surface area contributed by atoms with Crippen molar-refractivity contribution in [2.45, 2.75) is 180 Å². The highest BCUT2D eigenvalue weighted by molar-refractivity contribution is 7.47. The lowest BCUT2D eigenvalue weighted by Crippen LogP contribution is -2.29. The van der Waals surface area contributed by atoms with Gasteiger partial charge >= 0.3 is 19.8 Å². The fourth-order valence-corrected chi connectivity index (χ4v) is 5.78. The first-order valence-electron chi connectivity index (χ1n) is 18.6. The number of carbonyl (C=O) groups is 2. The highest BCUT2D eigenvalue weighted by atomic mass is 31.2. The summed E-state index contributed by atoms with van der Waals surface area (Å²) in [6, 6.07) is 0. The molecule has 0 rings (SSSR count). The highest BCUT2D eigenvalue weighted by Gasteiger charge is 2.27. The normalized spacial score (nSPS) is 14.2. The van der Waals surface area contributed by atoms with E-state index in [2.05, 4.69) is 30.5 Å². The number of phosphoric acid groups is 1. The summed E-state index contributed by atoms with van der Waals surface area (Å²) in [6.07, 6.45) is 27.5. The van der Waals surface area contributed by atoms with Gasteiger partial charge in [-0.15, -0.1) is 0 Å². The first-order valence-corrected chi connectivity index (χ1v) is 20.1. The zero-order chi connectivity index (χ0) is 34.9. The molecule has 47 heavy (non-hydrogen) atoms. The maximum Gasteiger partial charge on any atom is 0.472 e. The van der Waals surface area contributed by atoms with Gasteiger partial charge < -0.3 is 24.6 Å². The van der Waals surface area contributed by atoms with E-state index in [1.165, 1.54) is 77.0 Å². The van der Waals surface area contributed by atoms with E-state index < -0.39 is 51.8 Å². The standard InChI is InChI=1S/C36H69O10P/c1-3-5-7-9-11-13-15-17-19-21-23-25-27-35(39)43-31-34(32-45-47(41,42)44-30-33(38)29-37)46-36(40)28-26-24-22-20-18-16-14-12-10-8-6-4-2/h8,10,33-34,37-38H,3-7,9,11-32H2,1-2H3,(H,41,42)/b10-8+/t33-,34+/m0/s1. The SMILES string of the molecule is CCC/C=C/CCCCCCCCCC(=O)O[C@H](COC(=O)CCCCCCCCCCCCCC)COP(=O)(O)OC[C@@H](O)CO. The number of rotatable bonds is 35. The van der Waals surface area contributed by atoms with Crippen LogP contribution >= 0.6 is 7.82 Å². The van der Waals surface area contributed by atoms with Crippen LogP contribution in [0.4, 0.5) is 0 Å². The average molecular weight is 693 g/mol. The van der Waals surface area contributed by atoms with Gasteiger partial charge in [-0.1, -0.05) is 135 Å². The molecule has 3 N–H and O–H groups in total. The monoisotopic (exact) mass is 692 g/mol. The van der Waals surface area contributed by atoms with Crippen LogP contribution < -0.4 is 0 Å². The van der Waals surface area contributed by atoms with Crippen molar-refractivity contribution in [1.82, 2.24) is 0 Å². The minimum atomic E-state index is -4.60. The van der Waals surface area contributed by atoms with Gasteiger partial charge in [0.25, 0.3) is 0 Å². The smallest absolute Gasteiger partial charge is 0.462 e. The summed E-state index contributed by atoms with van der Waals surface area (Å²) < 4.78 is 32.5. The van der Waals surface area contributed by atoms with Crippen molar-refractivity contribution in [1.29, 1.82) is 0 Å². The molecule has 0 fully saturated rings. The van der Waals surface area contributed by atoms with Gasteiger partial charge in [0.05, 0.1) is 19.8 Å². The third-order valence-electron chi connectivity index (χ3n) is 7.90. The number of aliphatic hydroxyl groups excluding tert-OH is 2. The summed E-state index contributed by atoms with van der Waals surface area (Å²) in [5, 5.41) is 18.2. The predicted octanol–water partition coefficient (Wildman–Crippen LogP) is 8.89. The van der Waals surface area contributed by atoms with E-state index in [9.17, 15) is 24.2 Å². The van der Waals surface area contributed by atoms with Crippen molar-refractivity contribution in [3.05, 3.63) is 12.2 Å². The Bertz CT molecular complexity index is 807. The second-order valence-electron chi connectivity index (χ2n) is 12.6. The van der Waals surface area contributed by atoms with Crippen LogP contribution in [0.5, 0.6) is 0 Å². The van der Waals surface area contributed by atoms with Crippen LogP contribution in [0.1, 0.15) is 168 Å². The third kappa shape index (κ3) is 33.0. The van der Waals surface area contributed by atoms with E-state index in [-0.39, 0.29) is 19.4 Å². The molecular weight excluding hydrogens is 623 g/mol. The Hall–Kier alpha value is -1.29. The van der Waals surface area contributed by atoms with Crippen LogP contribution in [-0.2, 0) is 32.7 Å². The average Bonchev–Trinajstić information content (AvgIpc) is 3.05. The molecule has 10 nitrogen and oxygen atoms in total.